The molecule has 3 aromatic rings. The number of aromatic nitrogens is 2. The number of carboxylic acids is 1. The van der Waals surface area contributed by atoms with E-state index in [1.165, 1.54) is 11.3 Å². The van der Waals surface area contributed by atoms with E-state index in [1.807, 2.05) is 36.4 Å². The number of para-hydroxylation sites is 1. The number of hydrogen-bond donors (Lipinski definition) is 1. The molecule has 2 aromatic heterocycles. The van der Waals surface area contributed by atoms with Crippen LogP contribution in [-0.2, 0) is 0 Å². The van der Waals surface area contributed by atoms with E-state index in [9.17, 15) is 4.79 Å². The van der Waals surface area contributed by atoms with E-state index in [2.05, 4.69) is 5.10 Å². The summed E-state index contributed by atoms with van der Waals surface area (Å²) < 4.78 is 2.27. The average molecular weight is 305 g/mol. The molecule has 1 aromatic carbocycles. The van der Waals surface area contributed by atoms with E-state index >= 15 is 0 Å². The molecule has 0 spiro atoms. The van der Waals surface area contributed by atoms with E-state index < -0.39 is 5.97 Å². The summed E-state index contributed by atoms with van der Waals surface area (Å²) in [5, 5.41) is 13.3. The lowest BCUT2D eigenvalue weighted by atomic mass is 10.3. The van der Waals surface area contributed by atoms with Gasteiger partial charge in [0.05, 0.1) is 20.6 Å². The Balaban J connectivity index is 2.20. The highest BCUT2D eigenvalue weighted by Gasteiger charge is 2.16. The zero-order valence-corrected chi connectivity index (χ0v) is 11.7. The molecule has 0 amide bonds. The molecule has 0 saturated heterocycles. The maximum atomic E-state index is 11.1. The number of carboxylic acid groups (broad SMARTS) is 1. The summed E-state index contributed by atoms with van der Waals surface area (Å²) >= 11 is 7.34. The number of carbonyl (C=O) groups is 1. The van der Waals surface area contributed by atoms with Gasteiger partial charge in [0.15, 0.2) is 5.69 Å². The Morgan fingerprint density at radius 3 is 2.55 bits per heavy atom. The minimum atomic E-state index is -1.05. The second-order valence-electron chi connectivity index (χ2n) is 4.07. The molecular weight excluding hydrogens is 296 g/mol. The van der Waals surface area contributed by atoms with Crippen molar-refractivity contribution in [2.45, 2.75) is 0 Å². The van der Waals surface area contributed by atoms with Crippen molar-refractivity contribution in [1.29, 1.82) is 0 Å². The fourth-order valence-corrected chi connectivity index (χ4v) is 2.92. The van der Waals surface area contributed by atoms with Gasteiger partial charge in [-0.15, -0.1) is 11.3 Å². The van der Waals surface area contributed by atoms with E-state index in [-0.39, 0.29) is 5.69 Å². The first-order chi connectivity index (χ1) is 9.65. The zero-order valence-electron chi connectivity index (χ0n) is 10.2. The summed E-state index contributed by atoms with van der Waals surface area (Å²) in [6, 6.07) is 14.6. The first kappa shape index (κ1) is 12.9. The van der Waals surface area contributed by atoms with Crippen molar-refractivity contribution in [2.24, 2.45) is 0 Å². The lowest BCUT2D eigenvalue weighted by Gasteiger charge is -2.05. The number of aromatic carboxylic acids is 1. The Morgan fingerprint density at radius 2 is 1.95 bits per heavy atom. The van der Waals surface area contributed by atoms with Crippen LogP contribution in [0.4, 0.5) is 0 Å². The average Bonchev–Trinajstić information content (AvgIpc) is 3.05. The molecule has 1 N–H and O–H groups in total. The minimum absolute atomic E-state index is 0.00776. The maximum Gasteiger partial charge on any atom is 0.356 e. The first-order valence-corrected chi connectivity index (χ1v) is 6.99. The van der Waals surface area contributed by atoms with Gasteiger partial charge in [-0.1, -0.05) is 29.8 Å². The van der Waals surface area contributed by atoms with Crippen molar-refractivity contribution in [3.8, 4) is 16.3 Å². The number of halogens is 1. The van der Waals surface area contributed by atoms with Crippen LogP contribution in [0.2, 0.25) is 4.34 Å². The predicted octanol–water partition coefficient (Wildman–Crippen LogP) is 3.95. The van der Waals surface area contributed by atoms with Crippen LogP contribution in [-0.4, -0.2) is 20.9 Å². The quantitative estimate of drug-likeness (QED) is 0.797. The monoisotopic (exact) mass is 304 g/mol. The summed E-state index contributed by atoms with van der Waals surface area (Å²) in [7, 11) is 0. The molecular formula is C14H9ClN2O2S. The summed E-state index contributed by atoms with van der Waals surface area (Å²) in [5.41, 5.74) is 1.53. The Bertz CT molecular complexity index is 765. The SMILES string of the molecule is O=C(O)c1cc(-c2ccc(Cl)s2)n(-c2ccccc2)n1. The van der Waals surface area contributed by atoms with Gasteiger partial charge in [-0.2, -0.15) is 5.10 Å². The van der Waals surface area contributed by atoms with Gasteiger partial charge in [-0.25, -0.2) is 9.48 Å². The topological polar surface area (TPSA) is 55.1 Å². The van der Waals surface area contributed by atoms with Crippen molar-refractivity contribution >= 4 is 28.9 Å². The fraction of sp³-hybridized carbons (Fsp3) is 0. The number of nitrogens with zero attached hydrogens (tertiary/aromatic N) is 2. The maximum absolute atomic E-state index is 11.1. The standard InChI is InChI=1S/C14H9ClN2O2S/c15-13-7-6-12(20-13)11-8-10(14(18)19)16-17(11)9-4-2-1-3-5-9/h1-8H,(H,18,19). The largest absolute Gasteiger partial charge is 0.476 e. The third kappa shape index (κ3) is 2.33. The molecule has 0 bridgehead atoms. The smallest absolute Gasteiger partial charge is 0.356 e. The van der Waals surface area contributed by atoms with Crippen LogP contribution >= 0.6 is 22.9 Å². The minimum Gasteiger partial charge on any atom is -0.476 e. The summed E-state index contributed by atoms with van der Waals surface area (Å²) in [5.74, 6) is -1.05. The highest BCUT2D eigenvalue weighted by atomic mass is 35.5. The van der Waals surface area contributed by atoms with E-state index in [4.69, 9.17) is 16.7 Å². The van der Waals surface area contributed by atoms with Crippen LogP contribution in [0.1, 0.15) is 10.5 Å². The van der Waals surface area contributed by atoms with Crippen molar-refractivity contribution in [3.63, 3.8) is 0 Å². The summed E-state index contributed by atoms with van der Waals surface area (Å²) in [6.45, 7) is 0. The summed E-state index contributed by atoms with van der Waals surface area (Å²) in [4.78, 5) is 12.0. The molecule has 0 aliphatic carbocycles. The van der Waals surface area contributed by atoms with Gasteiger partial charge < -0.3 is 5.11 Å². The van der Waals surface area contributed by atoms with Crippen LogP contribution in [0.25, 0.3) is 16.3 Å². The van der Waals surface area contributed by atoms with E-state index in [0.717, 1.165) is 10.6 Å². The highest BCUT2D eigenvalue weighted by Crippen LogP contribution is 2.32. The molecule has 2 heterocycles. The Labute approximate surface area is 123 Å². The van der Waals surface area contributed by atoms with Crippen molar-refractivity contribution in [3.05, 3.63) is 58.6 Å². The molecule has 0 saturated carbocycles. The third-order valence-corrected chi connectivity index (χ3v) is 4.01. The van der Waals surface area contributed by atoms with Crippen molar-refractivity contribution in [2.75, 3.05) is 0 Å². The number of hydrogen-bond acceptors (Lipinski definition) is 3. The van der Waals surface area contributed by atoms with Crippen LogP contribution < -0.4 is 0 Å². The molecule has 0 unspecified atom stereocenters. The molecule has 0 fully saturated rings. The Morgan fingerprint density at radius 1 is 1.20 bits per heavy atom. The summed E-state index contributed by atoms with van der Waals surface area (Å²) in [6.07, 6.45) is 0. The van der Waals surface area contributed by atoms with Crippen LogP contribution in [0, 0.1) is 0 Å². The van der Waals surface area contributed by atoms with E-state index in [1.54, 1.807) is 16.8 Å². The van der Waals surface area contributed by atoms with E-state index in [0.29, 0.717) is 10.0 Å². The zero-order chi connectivity index (χ0) is 14.1. The molecule has 0 aliphatic rings. The Kier molecular flexibility index (Phi) is 3.30. The van der Waals surface area contributed by atoms with Crippen LogP contribution in [0.5, 0.6) is 0 Å². The molecule has 4 nitrogen and oxygen atoms in total. The van der Waals surface area contributed by atoms with Gasteiger partial charge in [0.2, 0.25) is 0 Å². The van der Waals surface area contributed by atoms with Crippen molar-refractivity contribution < 1.29 is 9.90 Å². The molecule has 6 heteroatoms. The second-order valence-corrected chi connectivity index (χ2v) is 5.79. The second kappa shape index (κ2) is 5.11. The van der Waals surface area contributed by atoms with Gasteiger partial charge in [-0.05, 0) is 24.3 Å². The van der Waals surface area contributed by atoms with Gasteiger partial charge >= 0.3 is 5.97 Å². The lowest BCUT2D eigenvalue weighted by molar-refractivity contribution is 0.0690. The van der Waals surface area contributed by atoms with Gasteiger partial charge in [0, 0.05) is 6.07 Å². The number of rotatable bonds is 3. The predicted molar refractivity (Wildman–Crippen MR) is 78.8 cm³/mol. The van der Waals surface area contributed by atoms with Crippen molar-refractivity contribution in [1.82, 2.24) is 9.78 Å². The molecule has 0 aliphatic heterocycles. The lowest BCUT2D eigenvalue weighted by Crippen LogP contribution is -2.01. The first-order valence-electron chi connectivity index (χ1n) is 5.79. The third-order valence-electron chi connectivity index (χ3n) is 2.75. The molecule has 0 radical (unpaired) electrons. The van der Waals surface area contributed by atoms with Crippen LogP contribution in [0.3, 0.4) is 0 Å². The van der Waals surface area contributed by atoms with Gasteiger partial charge in [0.25, 0.3) is 0 Å². The molecule has 20 heavy (non-hydrogen) atoms. The molecule has 3 rings (SSSR count). The van der Waals surface area contributed by atoms with Gasteiger partial charge in [-0.3, -0.25) is 0 Å². The van der Waals surface area contributed by atoms with Gasteiger partial charge in [0.1, 0.15) is 0 Å². The van der Waals surface area contributed by atoms with Crippen LogP contribution in [0.15, 0.2) is 48.5 Å². The molecule has 100 valence electrons. The Hall–Kier alpha value is -2.11. The molecule has 0 atom stereocenters. The number of thiophene rings is 1. The number of benzene rings is 1. The highest BCUT2D eigenvalue weighted by molar-refractivity contribution is 7.19. The normalized spacial score (nSPS) is 10.7. The fourth-order valence-electron chi connectivity index (χ4n) is 1.88.